The second-order valence-electron chi connectivity index (χ2n) is 13.2. The minimum Gasteiger partial charge on any atom is -0.497 e. The largest absolute Gasteiger partial charge is 0.497 e. The third-order valence-electron chi connectivity index (χ3n) is 10.3. The number of benzene rings is 5. The zero-order valence-corrected chi connectivity index (χ0v) is 35.3. The lowest BCUT2D eigenvalue weighted by atomic mass is 9.83. The molecule has 0 amide bonds. The third-order valence-corrected chi connectivity index (χ3v) is 12.1. The second-order valence-corrected chi connectivity index (χ2v) is 14.7. The SMILES string of the molecule is CCN(CC)c1ccc(C(=CC2(C=C(c3ccc(OC)cc3)c3ccc(N(CC)CC)cc3)OC(=O)c3c(Cl)c(Cl)c(Cl)c(Cl)c32)c2ccc(OC)cc2)cc1. The predicted octanol–water partition coefficient (Wildman–Crippen LogP) is 12.6. The van der Waals surface area contributed by atoms with Crippen LogP contribution in [-0.4, -0.2) is 46.4 Å². The number of ether oxygens (including phenoxy) is 3. The van der Waals surface area contributed by atoms with Crippen molar-refractivity contribution < 1.29 is 19.0 Å². The minimum atomic E-state index is -1.64. The number of hydrogen-bond donors (Lipinski definition) is 0. The molecule has 6 rings (SSSR count). The molecule has 56 heavy (non-hydrogen) atoms. The summed E-state index contributed by atoms with van der Waals surface area (Å²) in [4.78, 5) is 18.8. The van der Waals surface area contributed by atoms with Crippen LogP contribution in [0.1, 0.15) is 65.9 Å². The van der Waals surface area contributed by atoms with E-state index >= 15 is 0 Å². The lowest BCUT2D eigenvalue weighted by Crippen LogP contribution is -2.23. The van der Waals surface area contributed by atoms with Crippen molar-refractivity contribution in [2.45, 2.75) is 33.3 Å². The Morgan fingerprint density at radius 1 is 0.554 bits per heavy atom. The van der Waals surface area contributed by atoms with Crippen molar-refractivity contribution in [1.29, 1.82) is 0 Å². The molecule has 10 heteroatoms. The van der Waals surface area contributed by atoms with Gasteiger partial charge in [-0.15, -0.1) is 0 Å². The van der Waals surface area contributed by atoms with E-state index in [1.807, 2.05) is 60.7 Å². The number of halogens is 4. The van der Waals surface area contributed by atoms with Crippen LogP contribution >= 0.6 is 46.4 Å². The van der Waals surface area contributed by atoms with E-state index in [0.29, 0.717) is 17.1 Å². The van der Waals surface area contributed by atoms with Gasteiger partial charge < -0.3 is 24.0 Å². The van der Waals surface area contributed by atoms with Gasteiger partial charge >= 0.3 is 5.97 Å². The molecular weight excluding hydrogens is 786 g/mol. The first-order chi connectivity index (χ1) is 27.0. The van der Waals surface area contributed by atoms with Gasteiger partial charge in [-0.05, 0) is 122 Å². The van der Waals surface area contributed by atoms with Crippen molar-refractivity contribution in [2.24, 2.45) is 0 Å². The van der Waals surface area contributed by atoms with Crippen LogP contribution in [0.15, 0.2) is 109 Å². The van der Waals surface area contributed by atoms with E-state index in [-0.39, 0.29) is 25.7 Å². The fourth-order valence-electron chi connectivity index (χ4n) is 7.21. The molecule has 5 aromatic carbocycles. The molecule has 0 aliphatic carbocycles. The Bertz CT molecular complexity index is 2130. The minimum absolute atomic E-state index is 0.0192. The molecule has 0 atom stereocenters. The summed E-state index contributed by atoms with van der Waals surface area (Å²) in [5.41, 5.74) is 5.85. The van der Waals surface area contributed by atoms with Crippen LogP contribution in [0.2, 0.25) is 20.1 Å². The van der Waals surface area contributed by atoms with Gasteiger partial charge in [0.1, 0.15) is 11.5 Å². The molecule has 0 saturated heterocycles. The number of methoxy groups -OCH3 is 2. The fourth-order valence-corrected chi connectivity index (χ4v) is 8.29. The molecule has 1 heterocycles. The highest BCUT2D eigenvalue weighted by atomic mass is 35.5. The van der Waals surface area contributed by atoms with E-state index in [4.69, 9.17) is 60.6 Å². The number of hydrogen-bond acceptors (Lipinski definition) is 6. The van der Waals surface area contributed by atoms with E-state index < -0.39 is 11.6 Å². The van der Waals surface area contributed by atoms with Crippen LogP contribution in [0.25, 0.3) is 11.1 Å². The summed E-state index contributed by atoms with van der Waals surface area (Å²) < 4.78 is 17.6. The zero-order chi connectivity index (χ0) is 40.1. The van der Waals surface area contributed by atoms with Gasteiger partial charge in [0.05, 0.1) is 39.9 Å². The zero-order valence-electron chi connectivity index (χ0n) is 32.3. The molecule has 0 spiro atoms. The average molecular weight is 831 g/mol. The molecule has 290 valence electrons. The van der Waals surface area contributed by atoms with Crippen molar-refractivity contribution in [2.75, 3.05) is 50.2 Å². The van der Waals surface area contributed by atoms with E-state index in [2.05, 4.69) is 86.0 Å². The van der Waals surface area contributed by atoms with Crippen molar-refractivity contribution in [3.63, 3.8) is 0 Å². The maximum absolute atomic E-state index is 14.2. The van der Waals surface area contributed by atoms with Gasteiger partial charge in [-0.3, -0.25) is 0 Å². The summed E-state index contributed by atoms with van der Waals surface area (Å²) in [6.07, 6.45) is 3.84. The van der Waals surface area contributed by atoms with E-state index in [9.17, 15) is 4.79 Å². The van der Waals surface area contributed by atoms with Crippen molar-refractivity contribution in [3.8, 4) is 11.5 Å². The first-order valence-corrected chi connectivity index (χ1v) is 20.1. The highest BCUT2D eigenvalue weighted by molar-refractivity contribution is 6.53. The molecule has 0 radical (unpaired) electrons. The number of anilines is 2. The number of carbonyl (C=O) groups is 1. The number of rotatable bonds is 14. The number of fused-ring (bicyclic) bond motifs is 1. The van der Waals surface area contributed by atoms with Gasteiger partial charge in [0.25, 0.3) is 0 Å². The van der Waals surface area contributed by atoms with Crippen molar-refractivity contribution in [1.82, 2.24) is 0 Å². The molecule has 0 aromatic heterocycles. The van der Waals surface area contributed by atoms with E-state index in [1.54, 1.807) is 14.2 Å². The maximum atomic E-state index is 14.2. The Kier molecular flexibility index (Phi) is 13.0. The van der Waals surface area contributed by atoms with Crippen LogP contribution in [0, 0.1) is 0 Å². The number of esters is 1. The normalized spacial score (nSPS) is 15.4. The number of nitrogens with zero attached hydrogens (tertiary/aromatic N) is 2. The molecular formula is C46H44Cl4N2O4. The van der Waals surface area contributed by atoms with Crippen LogP contribution in [0.5, 0.6) is 11.5 Å². The third kappa shape index (κ3) is 7.99. The Morgan fingerprint density at radius 3 is 1.23 bits per heavy atom. The van der Waals surface area contributed by atoms with E-state index in [1.165, 1.54) is 0 Å². The second kappa shape index (κ2) is 17.7. The standard InChI is InChI=1S/C46H44Cl4N2O4/c1-7-51(8-2)33-19-11-29(12-20-33)37(31-15-23-35(54-5)24-16-31)27-46(40-39(45(53)56-46)41(47)43(49)44(50)42(40)48)28-38(32-17-25-36(55-6)26-18-32)30-13-21-34(22-14-30)52(9-3)10-4/h11-28H,7-10H2,1-6H3. The summed E-state index contributed by atoms with van der Waals surface area (Å²) in [7, 11) is 3.25. The quantitative estimate of drug-likeness (QED) is 0.0631. The predicted molar refractivity (Wildman–Crippen MR) is 234 cm³/mol. The molecule has 0 bridgehead atoms. The first-order valence-electron chi connectivity index (χ1n) is 18.6. The van der Waals surface area contributed by atoms with Gasteiger partial charge in [0.15, 0.2) is 5.60 Å². The monoisotopic (exact) mass is 828 g/mol. The van der Waals surface area contributed by atoms with Crippen LogP contribution in [0.4, 0.5) is 11.4 Å². The van der Waals surface area contributed by atoms with Gasteiger partial charge in [0.2, 0.25) is 0 Å². The molecule has 0 saturated carbocycles. The van der Waals surface area contributed by atoms with Crippen LogP contribution < -0.4 is 19.3 Å². The van der Waals surface area contributed by atoms with Gasteiger partial charge in [-0.1, -0.05) is 94.9 Å². The fraction of sp³-hybridized carbons (Fsp3) is 0.239. The Hall–Kier alpha value is -4.59. The lowest BCUT2D eigenvalue weighted by Gasteiger charge is -2.28. The lowest BCUT2D eigenvalue weighted by molar-refractivity contribution is 0.0300. The number of cyclic esters (lactones) is 1. The summed E-state index contributed by atoms with van der Waals surface area (Å²) >= 11 is 27.4. The average Bonchev–Trinajstić information content (AvgIpc) is 3.53. The first kappa shape index (κ1) is 41.1. The summed E-state index contributed by atoms with van der Waals surface area (Å²) in [5.74, 6) is 0.710. The number of carbonyl (C=O) groups excluding carboxylic acids is 1. The van der Waals surface area contributed by atoms with Crippen LogP contribution in [-0.2, 0) is 10.3 Å². The molecule has 1 aliphatic rings. The van der Waals surface area contributed by atoms with Crippen molar-refractivity contribution >= 4 is 74.9 Å². The van der Waals surface area contributed by atoms with Gasteiger partial charge in [-0.2, -0.15) is 0 Å². The topological polar surface area (TPSA) is 51.2 Å². The molecule has 0 unspecified atom stereocenters. The molecule has 0 N–H and O–H groups in total. The van der Waals surface area contributed by atoms with E-state index in [0.717, 1.165) is 71.0 Å². The highest BCUT2D eigenvalue weighted by Gasteiger charge is 2.48. The molecule has 0 fully saturated rings. The summed E-state index contributed by atoms with van der Waals surface area (Å²) in [6.45, 7) is 12.0. The molecule has 6 nitrogen and oxygen atoms in total. The summed E-state index contributed by atoms with van der Waals surface area (Å²) in [5, 5.41) is 0.0217. The highest BCUT2D eigenvalue weighted by Crippen LogP contribution is 2.53. The van der Waals surface area contributed by atoms with Gasteiger partial charge in [-0.25, -0.2) is 4.79 Å². The maximum Gasteiger partial charge on any atom is 0.341 e. The summed E-state index contributed by atoms with van der Waals surface area (Å²) in [6, 6.07) is 32.1. The Labute approximate surface area is 349 Å². The van der Waals surface area contributed by atoms with Crippen molar-refractivity contribution in [3.05, 3.63) is 163 Å². The molecule has 5 aromatic rings. The van der Waals surface area contributed by atoms with Crippen LogP contribution in [0.3, 0.4) is 0 Å². The smallest absolute Gasteiger partial charge is 0.341 e. The Balaban J connectivity index is 1.71. The molecule has 1 aliphatic heterocycles. The van der Waals surface area contributed by atoms with Gasteiger partial charge in [0, 0.05) is 43.1 Å². The Morgan fingerprint density at radius 2 is 0.893 bits per heavy atom.